The quantitative estimate of drug-likeness (QED) is 0.274. The van der Waals surface area contributed by atoms with E-state index in [2.05, 4.69) is 114 Å². The van der Waals surface area contributed by atoms with Gasteiger partial charge in [-0.3, -0.25) is 0 Å². The number of allylic oxidation sites excluding steroid dienone is 4. The topological polar surface area (TPSA) is 15.8 Å². The highest BCUT2D eigenvalue weighted by atomic mass is 14.7. The molecule has 4 aromatic carbocycles. The van der Waals surface area contributed by atoms with Crippen molar-refractivity contribution in [1.82, 2.24) is 4.98 Å². The van der Waals surface area contributed by atoms with Crippen LogP contribution in [0.15, 0.2) is 109 Å². The van der Waals surface area contributed by atoms with E-state index in [-0.39, 0.29) is 5.41 Å². The highest BCUT2D eigenvalue weighted by molar-refractivity contribution is 6.08. The highest BCUT2D eigenvalue weighted by Crippen LogP contribution is 2.65. The zero-order chi connectivity index (χ0) is 20.9. The summed E-state index contributed by atoms with van der Waals surface area (Å²) in [5.74, 6) is 0.759. The summed E-state index contributed by atoms with van der Waals surface area (Å²) in [5, 5.41) is 2.63. The lowest BCUT2D eigenvalue weighted by Crippen LogP contribution is -2.32. The monoisotopic (exact) mass is 407 g/mol. The third-order valence-corrected chi connectivity index (χ3v) is 8.09. The molecule has 0 aliphatic heterocycles. The van der Waals surface area contributed by atoms with Gasteiger partial charge in [0.15, 0.2) is 0 Å². The molecule has 0 saturated carbocycles. The van der Waals surface area contributed by atoms with Crippen LogP contribution in [0.4, 0.5) is 0 Å². The number of fused-ring (bicyclic) bond motifs is 13. The SMILES string of the molecule is C1=CC2c3cc4[nH]c5ccccc5c4cc3C3(c4ccccc4-c4ccccc43)C2C=C1. The maximum absolute atomic E-state index is 3.68. The minimum atomic E-state index is -0.152. The molecule has 0 fully saturated rings. The maximum Gasteiger partial charge on any atom is 0.0538 e. The van der Waals surface area contributed by atoms with Crippen molar-refractivity contribution in [3.63, 3.8) is 0 Å². The molecule has 3 aliphatic rings. The summed E-state index contributed by atoms with van der Waals surface area (Å²) in [6.45, 7) is 0. The average Bonchev–Trinajstić information content (AvgIpc) is 3.46. The predicted molar refractivity (Wildman–Crippen MR) is 132 cm³/mol. The summed E-state index contributed by atoms with van der Waals surface area (Å²) in [4.78, 5) is 3.68. The van der Waals surface area contributed by atoms with E-state index in [0.717, 1.165) is 0 Å². The molecule has 1 N–H and O–H groups in total. The van der Waals surface area contributed by atoms with E-state index < -0.39 is 0 Å². The van der Waals surface area contributed by atoms with Gasteiger partial charge in [-0.25, -0.2) is 0 Å². The van der Waals surface area contributed by atoms with Crippen LogP contribution in [0.25, 0.3) is 32.9 Å². The lowest BCUT2D eigenvalue weighted by atomic mass is 9.65. The van der Waals surface area contributed by atoms with E-state index in [9.17, 15) is 0 Å². The molecule has 1 spiro atoms. The molecule has 0 radical (unpaired) electrons. The van der Waals surface area contributed by atoms with Gasteiger partial charge in [-0.05, 0) is 51.6 Å². The molecule has 1 heterocycles. The molecule has 150 valence electrons. The summed E-state index contributed by atoms with van der Waals surface area (Å²) < 4.78 is 0. The lowest BCUT2D eigenvalue weighted by molar-refractivity contribution is 0.466. The number of nitrogens with one attached hydrogen (secondary N) is 1. The minimum absolute atomic E-state index is 0.152. The van der Waals surface area contributed by atoms with E-state index >= 15 is 0 Å². The molecular weight excluding hydrogens is 386 g/mol. The summed E-state index contributed by atoms with van der Waals surface area (Å²) in [6.07, 6.45) is 9.35. The standard InChI is InChI=1S/C31H21N/c1-5-13-25-19(9-1)20-10-2-6-14-26(20)31(25)27-15-7-3-11-21(27)23-18-30-24(17-28(23)31)22-12-4-8-16-29(22)32-30/h1-18,21,27,32H. The number of aromatic nitrogens is 1. The van der Waals surface area contributed by atoms with E-state index in [0.29, 0.717) is 11.8 Å². The fraction of sp³-hybridized carbons (Fsp3) is 0.0968. The first-order chi connectivity index (χ1) is 15.9. The number of rotatable bonds is 0. The molecule has 0 saturated heterocycles. The van der Waals surface area contributed by atoms with E-state index in [1.165, 1.54) is 55.2 Å². The number of benzene rings is 4. The molecule has 5 aromatic rings. The zero-order valence-corrected chi connectivity index (χ0v) is 17.5. The Morgan fingerprint density at radius 1 is 0.594 bits per heavy atom. The first-order valence-electron chi connectivity index (χ1n) is 11.5. The molecule has 3 aliphatic carbocycles. The van der Waals surface area contributed by atoms with Crippen LogP contribution in [0.1, 0.15) is 28.2 Å². The molecule has 1 aromatic heterocycles. The lowest BCUT2D eigenvalue weighted by Gasteiger charge is -2.36. The fourth-order valence-electron chi connectivity index (χ4n) is 6.95. The van der Waals surface area contributed by atoms with Crippen molar-refractivity contribution in [2.24, 2.45) is 5.92 Å². The van der Waals surface area contributed by atoms with Gasteiger partial charge in [0, 0.05) is 33.6 Å². The van der Waals surface area contributed by atoms with Gasteiger partial charge in [0.05, 0.1) is 5.41 Å². The Labute approximate surface area is 186 Å². The first-order valence-corrected chi connectivity index (χ1v) is 11.5. The van der Waals surface area contributed by atoms with Gasteiger partial charge < -0.3 is 4.98 Å². The Balaban J connectivity index is 1.57. The van der Waals surface area contributed by atoms with Gasteiger partial charge in [0.1, 0.15) is 0 Å². The smallest absolute Gasteiger partial charge is 0.0538 e. The Hall–Kier alpha value is -3.84. The van der Waals surface area contributed by atoms with Gasteiger partial charge in [-0.1, -0.05) is 91.0 Å². The number of hydrogen-bond acceptors (Lipinski definition) is 0. The summed E-state index contributed by atoms with van der Waals surface area (Å²) in [5.41, 5.74) is 10.9. The number of para-hydroxylation sites is 1. The van der Waals surface area contributed by atoms with Crippen LogP contribution in [0.2, 0.25) is 0 Å². The first kappa shape index (κ1) is 16.8. The third-order valence-electron chi connectivity index (χ3n) is 8.09. The molecule has 8 rings (SSSR count). The zero-order valence-electron chi connectivity index (χ0n) is 17.5. The molecule has 2 unspecified atom stereocenters. The molecular formula is C31H21N. The van der Waals surface area contributed by atoms with Crippen LogP contribution < -0.4 is 0 Å². The summed E-state index contributed by atoms with van der Waals surface area (Å²) >= 11 is 0. The van der Waals surface area contributed by atoms with Crippen LogP contribution in [0.5, 0.6) is 0 Å². The van der Waals surface area contributed by atoms with Gasteiger partial charge in [0.25, 0.3) is 0 Å². The Morgan fingerprint density at radius 3 is 2.09 bits per heavy atom. The summed E-state index contributed by atoms with van der Waals surface area (Å²) in [7, 11) is 0. The van der Waals surface area contributed by atoms with Gasteiger partial charge in [-0.15, -0.1) is 0 Å². The van der Waals surface area contributed by atoms with E-state index in [4.69, 9.17) is 0 Å². The van der Waals surface area contributed by atoms with Crippen molar-refractivity contribution in [2.45, 2.75) is 11.3 Å². The largest absolute Gasteiger partial charge is 0.355 e. The van der Waals surface area contributed by atoms with Gasteiger partial charge in [0.2, 0.25) is 0 Å². The normalized spacial score (nSPS) is 21.1. The van der Waals surface area contributed by atoms with Crippen LogP contribution >= 0.6 is 0 Å². The second-order valence-corrected chi connectivity index (χ2v) is 9.38. The molecule has 0 amide bonds. The fourth-order valence-corrected chi connectivity index (χ4v) is 6.95. The van der Waals surface area contributed by atoms with Crippen LogP contribution in [0, 0.1) is 5.92 Å². The van der Waals surface area contributed by atoms with Crippen molar-refractivity contribution in [3.05, 3.63) is 131 Å². The predicted octanol–water partition coefficient (Wildman–Crippen LogP) is 7.48. The third kappa shape index (κ3) is 1.79. The van der Waals surface area contributed by atoms with E-state index in [1.807, 2.05) is 0 Å². The van der Waals surface area contributed by atoms with Gasteiger partial charge >= 0.3 is 0 Å². The van der Waals surface area contributed by atoms with Crippen molar-refractivity contribution in [2.75, 3.05) is 0 Å². The molecule has 0 bridgehead atoms. The maximum atomic E-state index is 3.68. The van der Waals surface area contributed by atoms with Gasteiger partial charge in [-0.2, -0.15) is 0 Å². The van der Waals surface area contributed by atoms with Crippen LogP contribution in [0.3, 0.4) is 0 Å². The molecule has 1 nitrogen and oxygen atoms in total. The Morgan fingerprint density at radius 2 is 1.28 bits per heavy atom. The molecule has 2 atom stereocenters. The number of hydrogen-bond donors (Lipinski definition) is 1. The minimum Gasteiger partial charge on any atom is -0.355 e. The number of aromatic amines is 1. The van der Waals surface area contributed by atoms with Crippen LogP contribution in [-0.4, -0.2) is 4.98 Å². The Bertz CT molecular complexity index is 1600. The van der Waals surface area contributed by atoms with Crippen LogP contribution in [-0.2, 0) is 5.41 Å². The van der Waals surface area contributed by atoms with Crippen molar-refractivity contribution in [3.8, 4) is 11.1 Å². The number of H-pyrrole nitrogens is 1. The summed E-state index contributed by atoms with van der Waals surface area (Å²) in [6, 6.07) is 31.8. The average molecular weight is 408 g/mol. The second-order valence-electron chi connectivity index (χ2n) is 9.38. The molecule has 32 heavy (non-hydrogen) atoms. The van der Waals surface area contributed by atoms with Crippen molar-refractivity contribution < 1.29 is 0 Å². The van der Waals surface area contributed by atoms with Crippen molar-refractivity contribution in [1.29, 1.82) is 0 Å². The molecule has 1 heteroatoms. The van der Waals surface area contributed by atoms with Crippen molar-refractivity contribution >= 4 is 21.8 Å². The van der Waals surface area contributed by atoms with E-state index in [1.54, 1.807) is 0 Å². The Kier molecular flexibility index (Phi) is 2.99. The second kappa shape index (κ2) is 5.69. The highest BCUT2D eigenvalue weighted by Gasteiger charge is 2.57.